The van der Waals surface area contributed by atoms with Crippen molar-refractivity contribution in [2.45, 2.75) is 6.17 Å². The quantitative estimate of drug-likeness (QED) is 0.656. The van der Waals surface area contributed by atoms with Crippen molar-refractivity contribution in [3.63, 3.8) is 0 Å². The van der Waals surface area contributed by atoms with E-state index < -0.39 is 17.8 Å². The number of nitrogens with two attached hydrogens (primary N) is 1. The van der Waals surface area contributed by atoms with Crippen LogP contribution in [0.3, 0.4) is 0 Å². The molecule has 0 aliphatic carbocycles. The van der Waals surface area contributed by atoms with E-state index >= 15 is 0 Å². The van der Waals surface area contributed by atoms with Gasteiger partial charge in [0.05, 0.1) is 6.17 Å². The lowest BCUT2D eigenvalue weighted by Crippen LogP contribution is -2.25. The van der Waals surface area contributed by atoms with E-state index in [9.17, 15) is 8.78 Å². The molecule has 0 radical (unpaired) electrons. The molecule has 3 N–H and O–H groups in total. The van der Waals surface area contributed by atoms with Gasteiger partial charge in [-0.1, -0.05) is 0 Å². The molecule has 1 rings (SSSR count). The van der Waals surface area contributed by atoms with Crippen LogP contribution >= 0.6 is 0 Å². The molecule has 66 valence electrons. The van der Waals surface area contributed by atoms with Crippen molar-refractivity contribution in [1.82, 2.24) is 5.32 Å². The summed E-state index contributed by atoms with van der Waals surface area (Å²) in [4.78, 5) is 0. The highest BCUT2D eigenvalue weighted by atomic mass is 19.1. The highest BCUT2D eigenvalue weighted by Crippen LogP contribution is 2.13. The molecule has 0 bridgehead atoms. The van der Waals surface area contributed by atoms with E-state index in [0.29, 0.717) is 0 Å². The second kappa shape index (κ2) is 3.60. The second-order valence-corrected chi connectivity index (χ2v) is 2.43. The number of hydrogen-bond acceptors (Lipinski definition) is 2. The minimum Gasteiger partial charge on any atom is -0.312 e. The van der Waals surface area contributed by atoms with E-state index in [0.717, 1.165) is 18.2 Å². The Labute approximate surface area is 69.4 Å². The van der Waals surface area contributed by atoms with Crippen molar-refractivity contribution in [2.24, 2.45) is 5.73 Å². The van der Waals surface area contributed by atoms with Crippen LogP contribution in [0.1, 0.15) is 11.7 Å². The van der Waals surface area contributed by atoms with E-state index in [1.54, 1.807) is 7.05 Å². The number of benzene rings is 1. The topological polar surface area (TPSA) is 38.0 Å². The second-order valence-electron chi connectivity index (χ2n) is 2.43. The molecule has 1 atom stereocenters. The third-order valence-electron chi connectivity index (χ3n) is 1.60. The summed E-state index contributed by atoms with van der Waals surface area (Å²) in [7, 11) is 1.58. The summed E-state index contributed by atoms with van der Waals surface area (Å²) in [6, 6.07) is 3.19. The molecule has 0 amide bonds. The predicted octanol–water partition coefficient (Wildman–Crippen LogP) is 1.14. The summed E-state index contributed by atoms with van der Waals surface area (Å²) in [5.74, 6) is -0.990. The first kappa shape index (κ1) is 9.09. The van der Waals surface area contributed by atoms with Crippen molar-refractivity contribution in [3.05, 3.63) is 35.4 Å². The smallest absolute Gasteiger partial charge is 0.129 e. The summed E-state index contributed by atoms with van der Waals surface area (Å²) in [5, 5.41) is 2.62. The van der Waals surface area contributed by atoms with Crippen LogP contribution < -0.4 is 11.1 Å². The van der Waals surface area contributed by atoms with Crippen molar-refractivity contribution in [1.29, 1.82) is 0 Å². The molecule has 0 spiro atoms. The molecule has 12 heavy (non-hydrogen) atoms. The minimum absolute atomic E-state index is 0.137. The van der Waals surface area contributed by atoms with E-state index in [1.807, 2.05) is 0 Å². The highest BCUT2D eigenvalue weighted by Gasteiger charge is 2.09. The molecule has 0 saturated heterocycles. The van der Waals surface area contributed by atoms with Crippen molar-refractivity contribution < 1.29 is 8.78 Å². The largest absolute Gasteiger partial charge is 0.312 e. The maximum atomic E-state index is 12.9. The van der Waals surface area contributed by atoms with Crippen LogP contribution in [0.25, 0.3) is 0 Å². The highest BCUT2D eigenvalue weighted by molar-refractivity contribution is 5.21. The third kappa shape index (κ3) is 1.78. The summed E-state index contributed by atoms with van der Waals surface area (Å²) in [6.45, 7) is 0. The summed E-state index contributed by atoms with van der Waals surface area (Å²) in [6.07, 6.45) is -0.666. The molecule has 0 aromatic heterocycles. The first-order valence-electron chi connectivity index (χ1n) is 3.53. The minimum atomic E-state index is -0.666. The summed E-state index contributed by atoms with van der Waals surface area (Å²) in [5.41, 5.74) is 5.58. The van der Waals surface area contributed by atoms with Gasteiger partial charge >= 0.3 is 0 Å². The molecule has 1 aromatic rings. The molecular weight excluding hydrogens is 162 g/mol. The zero-order chi connectivity index (χ0) is 9.14. The molecule has 1 aromatic carbocycles. The molecule has 0 fully saturated rings. The van der Waals surface area contributed by atoms with Crippen LogP contribution in [0.4, 0.5) is 8.78 Å². The monoisotopic (exact) mass is 172 g/mol. The van der Waals surface area contributed by atoms with Gasteiger partial charge in [-0.2, -0.15) is 0 Å². The van der Waals surface area contributed by atoms with Gasteiger partial charge in [0.15, 0.2) is 0 Å². The Morgan fingerprint density at radius 1 is 1.42 bits per heavy atom. The normalized spacial score (nSPS) is 13.0. The first-order valence-corrected chi connectivity index (χ1v) is 3.53. The fourth-order valence-corrected chi connectivity index (χ4v) is 0.908. The summed E-state index contributed by atoms with van der Waals surface area (Å²) >= 11 is 0. The van der Waals surface area contributed by atoms with Gasteiger partial charge in [0, 0.05) is 5.56 Å². The van der Waals surface area contributed by atoms with Crippen molar-refractivity contribution in [3.8, 4) is 0 Å². The zero-order valence-corrected chi connectivity index (χ0v) is 6.64. The van der Waals surface area contributed by atoms with Crippen LogP contribution in [0, 0.1) is 11.6 Å². The van der Waals surface area contributed by atoms with E-state index in [-0.39, 0.29) is 5.56 Å². The Morgan fingerprint density at radius 2 is 2.08 bits per heavy atom. The van der Waals surface area contributed by atoms with Gasteiger partial charge in [0.2, 0.25) is 0 Å². The van der Waals surface area contributed by atoms with Gasteiger partial charge in [0.25, 0.3) is 0 Å². The number of nitrogens with one attached hydrogen (secondary N) is 1. The molecule has 0 saturated carbocycles. The molecule has 2 nitrogen and oxygen atoms in total. The third-order valence-corrected chi connectivity index (χ3v) is 1.60. The van der Waals surface area contributed by atoms with Gasteiger partial charge in [0.1, 0.15) is 11.6 Å². The van der Waals surface area contributed by atoms with E-state index in [4.69, 9.17) is 5.73 Å². The van der Waals surface area contributed by atoms with Crippen LogP contribution in [-0.2, 0) is 0 Å². The average molecular weight is 172 g/mol. The SMILES string of the molecule is CNC(N)c1cc(F)ccc1F. The van der Waals surface area contributed by atoms with Crippen LogP contribution in [0.15, 0.2) is 18.2 Å². The Kier molecular flexibility index (Phi) is 2.73. The lowest BCUT2D eigenvalue weighted by Gasteiger charge is -2.10. The van der Waals surface area contributed by atoms with Gasteiger partial charge in [-0.05, 0) is 25.2 Å². The zero-order valence-electron chi connectivity index (χ0n) is 6.64. The molecular formula is C8H10F2N2. The molecule has 4 heteroatoms. The maximum absolute atomic E-state index is 12.9. The average Bonchev–Trinajstić information content (AvgIpc) is 2.08. The number of halogens is 2. The lowest BCUT2D eigenvalue weighted by atomic mass is 10.1. The van der Waals surface area contributed by atoms with Gasteiger partial charge in [-0.15, -0.1) is 0 Å². The maximum Gasteiger partial charge on any atom is 0.129 e. The Balaban J connectivity index is 3.04. The molecule has 0 heterocycles. The van der Waals surface area contributed by atoms with Gasteiger partial charge < -0.3 is 11.1 Å². The van der Waals surface area contributed by atoms with E-state index in [2.05, 4.69) is 5.32 Å². The fourth-order valence-electron chi connectivity index (χ4n) is 0.908. The van der Waals surface area contributed by atoms with Crippen LogP contribution in [0.2, 0.25) is 0 Å². The van der Waals surface area contributed by atoms with Crippen molar-refractivity contribution in [2.75, 3.05) is 7.05 Å². The molecule has 1 unspecified atom stereocenters. The van der Waals surface area contributed by atoms with Gasteiger partial charge in [-0.25, -0.2) is 8.78 Å². The summed E-state index contributed by atoms with van der Waals surface area (Å²) < 4.78 is 25.5. The Morgan fingerprint density at radius 3 is 2.67 bits per heavy atom. The number of hydrogen-bond donors (Lipinski definition) is 2. The van der Waals surface area contributed by atoms with Crippen molar-refractivity contribution >= 4 is 0 Å². The van der Waals surface area contributed by atoms with Gasteiger partial charge in [-0.3, -0.25) is 0 Å². The Bertz CT molecular complexity index is 276. The Hall–Kier alpha value is -1.00. The van der Waals surface area contributed by atoms with Crippen LogP contribution in [0.5, 0.6) is 0 Å². The van der Waals surface area contributed by atoms with Crippen LogP contribution in [-0.4, -0.2) is 7.05 Å². The standard InChI is InChI=1S/C8H10F2N2/c1-12-8(11)6-4-5(9)2-3-7(6)10/h2-4,8,12H,11H2,1H3. The molecule has 0 aliphatic rings. The lowest BCUT2D eigenvalue weighted by molar-refractivity contribution is 0.535. The fraction of sp³-hybridized carbons (Fsp3) is 0.250. The van der Waals surface area contributed by atoms with E-state index in [1.165, 1.54) is 0 Å². The molecule has 0 aliphatic heterocycles. The number of rotatable bonds is 2. The predicted molar refractivity (Wildman–Crippen MR) is 42.3 cm³/mol. The first-order chi connectivity index (χ1) is 5.65.